The lowest BCUT2D eigenvalue weighted by molar-refractivity contribution is 0.288. The van der Waals surface area contributed by atoms with E-state index in [2.05, 4.69) is 48.0 Å². The molecule has 0 fully saturated rings. The van der Waals surface area contributed by atoms with Crippen molar-refractivity contribution in [3.05, 3.63) is 29.3 Å². The minimum atomic E-state index is 0.477. The van der Waals surface area contributed by atoms with Crippen molar-refractivity contribution in [2.45, 2.75) is 44.4 Å². The van der Waals surface area contributed by atoms with Gasteiger partial charge in [-0.15, -0.1) is 0 Å². The van der Waals surface area contributed by atoms with Crippen LogP contribution in [0.25, 0.3) is 0 Å². The predicted molar refractivity (Wildman–Crippen MR) is 76.0 cm³/mol. The monoisotopic (exact) mass is 296 g/mol. The van der Waals surface area contributed by atoms with Gasteiger partial charge in [-0.05, 0) is 42.4 Å². The fourth-order valence-electron chi connectivity index (χ4n) is 2.23. The van der Waals surface area contributed by atoms with Gasteiger partial charge in [0.2, 0.25) is 0 Å². The summed E-state index contributed by atoms with van der Waals surface area (Å²) in [5, 5.41) is 0. The zero-order valence-electron chi connectivity index (χ0n) is 10.7. The molecule has 0 bridgehead atoms. The molecule has 1 aliphatic heterocycles. The second-order valence-electron chi connectivity index (χ2n) is 5.04. The maximum absolute atomic E-state index is 5.65. The molecule has 1 aromatic carbocycles. The smallest absolute Gasteiger partial charge is 0.122 e. The third kappa shape index (κ3) is 3.25. The van der Waals surface area contributed by atoms with Gasteiger partial charge in [0.05, 0.1) is 6.61 Å². The standard InChI is InChI=1S/C15H21BrO/c1-3-11(2)9-14(16)12-6-7-15-13(10-12)5-4-8-17-15/h6-7,10-11,14H,3-5,8-9H2,1-2H3. The van der Waals surface area contributed by atoms with Gasteiger partial charge in [-0.1, -0.05) is 48.3 Å². The van der Waals surface area contributed by atoms with E-state index in [9.17, 15) is 0 Å². The summed E-state index contributed by atoms with van der Waals surface area (Å²) in [6.07, 6.45) is 4.76. The van der Waals surface area contributed by atoms with Crippen LogP contribution in [0.3, 0.4) is 0 Å². The molecule has 94 valence electrons. The molecule has 0 saturated heterocycles. The highest BCUT2D eigenvalue weighted by molar-refractivity contribution is 9.09. The van der Waals surface area contributed by atoms with Crippen LogP contribution in [0, 0.1) is 5.92 Å². The zero-order valence-corrected chi connectivity index (χ0v) is 12.3. The molecule has 0 saturated carbocycles. The number of hydrogen-bond donors (Lipinski definition) is 0. The van der Waals surface area contributed by atoms with Crippen molar-refractivity contribution in [1.29, 1.82) is 0 Å². The number of rotatable bonds is 4. The fraction of sp³-hybridized carbons (Fsp3) is 0.600. The number of aryl methyl sites for hydroxylation is 1. The summed E-state index contributed by atoms with van der Waals surface area (Å²) < 4.78 is 5.65. The van der Waals surface area contributed by atoms with E-state index >= 15 is 0 Å². The van der Waals surface area contributed by atoms with E-state index in [1.54, 1.807) is 0 Å². The third-order valence-corrected chi connectivity index (χ3v) is 4.50. The second kappa shape index (κ2) is 5.90. The average molecular weight is 297 g/mol. The molecule has 17 heavy (non-hydrogen) atoms. The normalized spacial score (nSPS) is 18.1. The molecule has 0 N–H and O–H groups in total. The Balaban J connectivity index is 2.10. The number of alkyl halides is 1. The Labute approximate surface area is 113 Å². The van der Waals surface area contributed by atoms with E-state index in [0.29, 0.717) is 4.83 Å². The van der Waals surface area contributed by atoms with Crippen LogP contribution in [0.1, 0.15) is 49.1 Å². The Morgan fingerprint density at radius 1 is 1.41 bits per heavy atom. The minimum Gasteiger partial charge on any atom is -0.493 e. The Kier molecular flexibility index (Phi) is 4.49. The van der Waals surface area contributed by atoms with Gasteiger partial charge < -0.3 is 4.74 Å². The van der Waals surface area contributed by atoms with Crippen molar-refractivity contribution in [3.63, 3.8) is 0 Å². The SMILES string of the molecule is CCC(C)CC(Br)c1ccc2c(c1)CCCO2. The summed E-state index contributed by atoms with van der Waals surface area (Å²) in [4.78, 5) is 0.477. The van der Waals surface area contributed by atoms with Crippen LogP contribution in [-0.2, 0) is 6.42 Å². The van der Waals surface area contributed by atoms with Crippen molar-refractivity contribution < 1.29 is 4.74 Å². The van der Waals surface area contributed by atoms with Crippen molar-refractivity contribution in [1.82, 2.24) is 0 Å². The van der Waals surface area contributed by atoms with Crippen molar-refractivity contribution in [3.8, 4) is 5.75 Å². The van der Waals surface area contributed by atoms with Crippen LogP contribution >= 0.6 is 15.9 Å². The van der Waals surface area contributed by atoms with Gasteiger partial charge in [0.1, 0.15) is 5.75 Å². The van der Waals surface area contributed by atoms with E-state index < -0.39 is 0 Å². The topological polar surface area (TPSA) is 9.23 Å². The van der Waals surface area contributed by atoms with Crippen molar-refractivity contribution in [2.24, 2.45) is 5.92 Å². The molecule has 0 amide bonds. The van der Waals surface area contributed by atoms with Crippen LogP contribution in [0.4, 0.5) is 0 Å². The third-order valence-electron chi connectivity index (χ3n) is 3.60. The number of hydrogen-bond acceptors (Lipinski definition) is 1. The zero-order chi connectivity index (χ0) is 12.3. The maximum Gasteiger partial charge on any atom is 0.122 e. The minimum absolute atomic E-state index is 0.477. The van der Waals surface area contributed by atoms with Gasteiger partial charge in [0.15, 0.2) is 0 Å². The lowest BCUT2D eigenvalue weighted by Gasteiger charge is -2.20. The highest BCUT2D eigenvalue weighted by atomic mass is 79.9. The lowest BCUT2D eigenvalue weighted by Crippen LogP contribution is -2.09. The molecule has 1 aliphatic rings. The number of halogens is 1. The molecule has 2 heteroatoms. The Bertz CT molecular complexity index is 375. The first kappa shape index (κ1) is 12.9. The molecule has 1 heterocycles. The van der Waals surface area contributed by atoms with Crippen LogP contribution in [0.15, 0.2) is 18.2 Å². The molecule has 0 aromatic heterocycles. The lowest BCUT2D eigenvalue weighted by atomic mass is 9.96. The van der Waals surface area contributed by atoms with Crippen LogP contribution in [0.2, 0.25) is 0 Å². The summed E-state index contributed by atoms with van der Waals surface area (Å²) in [5.74, 6) is 1.86. The Hall–Kier alpha value is -0.500. The highest BCUT2D eigenvalue weighted by Gasteiger charge is 2.15. The summed E-state index contributed by atoms with van der Waals surface area (Å²) in [7, 11) is 0. The first-order valence-electron chi connectivity index (χ1n) is 6.60. The van der Waals surface area contributed by atoms with E-state index in [-0.39, 0.29) is 0 Å². The summed E-state index contributed by atoms with van der Waals surface area (Å²) in [6, 6.07) is 6.65. The highest BCUT2D eigenvalue weighted by Crippen LogP contribution is 2.34. The molecule has 0 spiro atoms. The number of ether oxygens (including phenoxy) is 1. The molecular formula is C15H21BrO. The molecule has 0 aliphatic carbocycles. The van der Waals surface area contributed by atoms with Crippen LogP contribution < -0.4 is 4.74 Å². The molecule has 2 unspecified atom stereocenters. The first-order valence-corrected chi connectivity index (χ1v) is 7.52. The average Bonchev–Trinajstić information content (AvgIpc) is 2.38. The quantitative estimate of drug-likeness (QED) is 0.719. The molecule has 1 nitrogen and oxygen atoms in total. The van der Waals surface area contributed by atoms with Crippen molar-refractivity contribution >= 4 is 15.9 Å². The summed E-state index contributed by atoms with van der Waals surface area (Å²) in [5.41, 5.74) is 2.77. The number of benzene rings is 1. The second-order valence-corrected chi connectivity index (χ2v) is 6.14. The Morgan fingerprint density at radius 2 is 2.24 bits per heavy atom. The van der Waals surface area contributed by atoms with Gasteiger partial charge in [-0.3, -0.25) is 0 Å². The van der Waals surface area contributed by atoms with Gasteiger partial charge in [0.25, 0.3) is 0 Å². The van der Waals surface area contributed by atoms with E-state index in [1.165, 1.54) is 24.0 Å². The summed E-state index contributed by atoms with van der Waals surface area (Å²) >= 11 is 3.81. The van der Waals surface area contributed by atoms with Gasteiger partial charge in [0, 0.05) is 4.83 Å². The van der Waals surface area contributed by atoms with E-state index in [0.717, 1.165) is 31.1 Å². The van der Waals surface area contributed by atoms with Crippen LogP contribution in [-0.4, -0.2) is 6.61 Å². The van der Waals surface area contributed by atoms with E-state index in [1.807, 2.05) is 0 Å². The Morgan fingerprint density at radius 3 is 3.00 bits per heavy atom. The van der Waals surface area contributed by atoms with Gasteiger partial charge >= 0.3 is 0 Å². The van der Waals surface area contributed by atoms with Crippen molar-refractivity contribution in [2.75, 3.05) is 6.61 Å². The predicted octanol–water partition coefficient (Wildman–Crippen LogP) is 4.88. The summed E-state index contributed by atoms with van der Waals surface area (Å²) in [6.45, 7) is 5.44. The molecule has 0 radical (unpaired) electrons. The molecule has 2 rings (SSSR count). The molecular weight excluding hydrogens is 276 g/mol. The van der Waals surface area contributed by atoms with E-state index in [4.69, 9.17) is 4.74 Å². The largest absolute Gasteiger partial charge is 0.493 e. The van der Waals surface area contributed by atoms with Gasteiger partial charge in [-0.25, -0.2) is 0 Å². The van der Waals surface area contributed by atoms with Gasteiger partial charge in [-0.2, -0.15) is 0 Å². The molecule has 2 atom stereocenters. The first-order chi connectivity index (χ1) is 8.20. The fourth-order valence-corrected chi connectivity index (χ4v) is 3.15. The maximum atomic E-state index is 5.65. The van der Waals surface area contributed by atoms with Crippen LogP contribution in [0.5, 0.6) is 5.75 Å². The molecule has 1 aromatic rings. The number of fused-ring (bicyclic) bond motifs is 1.